The molecule has 0 saturated heterocycles. The molecule has 0 fully saturated rings. The highest BCUT2D eigenvalue weighted by Gasteiger charge is 2.26. The quantitative estimate of drug-likeness (QED) is 0.452. The predicted octanol–water partition coefficient (Wildman–Crippen LogP) is 0.178. The molecule has 0 saturated carbocycles. The number of nitrogens with two attached hydrogens (primary N) is 1. The molecule has 0 aliphatic carbocycles. The third-order valence-electron chi connectivity index (χ3n) is 2.76. The molecule has 3 N–H and O–H groups in total. The number of nitrogens with zero attached hydrogens (tertiary/aromatic N) is 2. The largest absolute Gasteiger partial charge is 0.395 e. The number of hydrogen-bond acceptors (Lipinski definition) is 6. The average molecular weight is 289 g/mol. The summed E-state index contributed by atoms with van der Waals surface area (Å²) in [4.78, 5) is 9.76. The minimum absolute atomic E-state index is 0.154. The lowest BCUT2D eigenvalue weighted by molar-refractivity contribution is -0.383. The van der Waals surface area contributed by atoms with E-state index in [1.807, 2.05) is 0 Å². The molecule has 1 rings (SSSR count). The van der Waals surface area contributed by atoms with Gasteiger partial charge in [0, 0.05) is 19.2 Å². The van der Waals surface area contributed by atoms with Gasteiger partial charge in [0.1, 0.15) is 5.69 Å². The Morgan fingerprint density at radius 3 is 2.53 bits per heavy atom. The van der Waals surface area contributed by atoms with Crippen molar-refractivity contribution in [2.75, 3.05) is 19.4 Å². The summed E-state index contributed by atoms with van der Waals surface area (Å²) in [5.41, 5.74) is 4.88. The van der Waals surface area contributed by atoms with Crippen molar-refractivity contribution in [2.45, 2.75) is 17.9 Å². The molecule has 1 aromatic rings. The Hall–Kier alpha value is -1.71. The molecule has 0 amide bonds. The molecular weight excluding hydrogens is 274 g/mol. The highest BCUT2D eigenvalue weighted by molar-refractivity contribution is 7.89. The molecule has 0 radical (unpaired) electrons. The lowest BCUT2D eigenvalue weighted by Gasteiger charge is -2.22. The number of likely N-dealkylation sites (N-methyl/N-ethyl adjacent to an activating group) is 1. The van der Waals surface area contributed by atoms with E-state index < -0.39 is 21.0 Å². The Morgan fingerprint density at radius 1 is 1.53 bits per heavy atom. The van der Waals surface area contributed by atoms with Crippen LogP contribution in [0.2, 0.25) is 0 Å². The second kappa shape index (κ2) is 5.51. The van der Waals surface area contributed by atoms with Gasteiger partial charge in [0.2, 0.25) is 10.0 Å². The Kier molecular flexibility index (Phi) is 4.45. The van der Waals surface area contributed by atoms with E-state index in [1.54, 1.807) is 0 Å². The number of hydrogen-bond donors (Lipinski definition) is 2. The summed E-state index contributed by atoms with van der Waals surface area (Å²) in [5, 5.41) is 19.6. The van der Waals surface area contributed by atoms with Crippen LogP contribution in [-0.4, -0.2) is 42.4 Å². The van der Waals surface area contributed by atoms with Crippen LogP contribution in [0.15, 0.2) is 23.1 Å². The fourth-order valence-corrected chi connectivity index (χ4v) is 2.77. The second-order valence-corrected chi connectivity index (χ2v) is 6.03. The molecule has 0 aromatic heterocycles. The lowest BCUT2D eigenvalue weighted by atomic mass is 10.3. The second-order valence-electron chi connectivity index (χ2n) is 4.03. The first-order valence-corrected chi connectivity index (χ1v) is 6.78. The Bertz CT molecular complexity index is 587. The van der Waals surface area contributed by atoms with Crippen molar-refractivity contribution in [1.82, 2.24) is 4.31 Å². The standard InChI is InChI=1S/C10H15N3O5S/c1-7(6-14)12(2)19(17,18)8-3-4-10(13(15)16)9(11)5-8/h3-5,7,14H,6,11H2,1-2H3. The summed E-state index contributed by atoms with van der Waals surface area (Å²) in [5.74, 6) is 0. The van der Waals surface area contributed by atoms with Gasteiger partial charge in [-0.3, -0.25) is 10.1 Å². The maximum atomic E-state index is 12.2. The first kappa shape index (κ1) is 15.3. The van der Waals surface area contributed by atoms with Crippen LogP contribution in [0.3, 0.4) is 0 Å². The van der Waals surface area contributed by atoms with Gasteiger partial charge in [0.15, 0.2) is 0 Å². The van der Waals surface area contributed by atoms with Gasteiger partial charge < -0.3 is 10.8 Å². The number of benzene rings is 1. The van der Waals surface area contributed by atoms with Crippen molar-refractivity contribution < 1.29 is 18.4 Å². The predicted molar refractivity (Wildman–Crippen MR) is 69.0 cm³/mol. The van der Waals surface area contributed by atoms with Gasteiger partial charge in [-0.05, 0) is 19.1 Å². The van der Waals surface area contributed by atoms with Crippen LogP contribution >= 0.6 is 0 Å². The maximum absolute atomic E-state index is 12.2. The highest BCUT2D eigenvalue weighted by Crippen LogP contribution is 2.26. The fraction of sp³-hybridized carbons (Fsp3) is 0.400. The van der Waals surface area contributed by atoms with Crippen molar-refractivity contribution in [3.8, 4) is 0 Å². The smallest absolute Gasteiger partial charge is 0.292 e. The topological polar surface area (TPSA) is 127 Å². The third kappa shape index (κ3) is 3.00. The molecule has 106 valence electrons. The molecule has 1 atom stereocenters. The first-order chi connectivity index (χ1) is 8.71. The van der Waals surface area contributed by atoms with Gasteiger partial charge in [-0.2, -0.15) is 4.31 Å². The molecule has 0 aliphatic heterocycles. The lowest BCUT2D eigenvalue weighted by Crippen LogP contribution is -2.37. The van der Waals surface area contributed by atoms with Gasteiger partial charge in [0.25, 0.3) is 5.69 Å². The van der Waals surface area contributed by atoms with Crippen LogP contribution < -0.4 is 5.73 Å². The Labute approximate surface area is 110 Å². The van der Waals surface area contributed by atoms with Crippen molar-refractivity contribution in [3.05, 3.63) is 28.3 Å². The number of nitrogen functional groups attached to an aromatic ring is 1. The molecule has 0 heterocycles. The van der Waals surface area contributed by atoms with Crippen molar-refractivity contribution >= 4 is 21.4 Å². The molecule has 9 heteroatoms. The average Bonchev–Trinajstić information content (AvgIpc) is 2.36. The highest BCUT2D eigenvalue weighted by atomic mass is 32.2. The molecule has 19 heavy (non-hydrogen) atoms. The number of aliphatic hydroxyl groups excluding tert-OH is 1. The molecule has 8 nitrogen and oxygen atoms in total. The van der Waals surface area contributed by atoms with Crippen LogP contribution in [0.4, 0.5) is 11.4 Å². The van der Waals surface area contributed by atoms with E-state index in [0.717, 1.165) is 22.5 Å². The number of sulfonamides is 1. The number of nitro benzene ring substituents is 1. The van der Waals surface area contributed by atoms with Gasteiger partial charge in [-0.15, -0.1) is 0 Å². The van der Waals surface area contributed by atoms with Crippen molar-refractivity contribution in [2.24, 2.45) is 0 Å². The monoisotopic (exact) mass is 289 g/mol. The van der Waals surface area contributed by atoms with Gasteiger partial charge >= 0.3 is 0 Å². The van der Waals surface area contributed by atoms with E-state index in [0.29, 0.717) is 0 Å². The van der Waals surface area contributed by atoms with Crippen molar-refractivity contribution in [1.29, 1.82) is 0 Å². The zero-order valence-electron chi connectivity index (χ0n) is 10.5. The third-order valence-corrected chi connectivity index (χ3v) is 4.73. The van der Waals surface area contributed by atoms with E-state index >= 15 is 0 Å². The molecule has 0 bridgehead atoms. The fourth-order valence-electron chi connectivity index (χ4n) is 1.38. The number of nitro groups is 1. The number of rotatable bonds is 5. The van der Waals surface area contributed by atoms with Crippen LogP contribution in [-0.2, 0) is 10.0 Å². The minimum Gasteiger partial charge on any atom is -0.395 e. The Morgan fingerprint density at radius 2 is 2.11 bits per heavy atom. The summed E-state index contributed by atoms with van der Waals surface area (Å²) < 4.78 is 25.3. The molecular formula is C10H15N3O5S. The summed E-state index contributed by atoms with van der Waals surface area (Å²) in [7, 11) is -2.53. The molecule has 1 aromatic carbocycles. The van der Waals surface area contributed by atoms with Crippen LogP contribution in [0.1, 0.15) is 6.92 Å². The number of anilines is 1. The zero-order chi connectivity index (χ0) is 14.8. The first-order valence-electron chi connectivity index (χ1n) is 5.34. The van der Waals surface area contributed by atoms with E-state index in [4.69, 9.17) is 10.8 Å². The van der Waals surface area contributed by atoms with Gasteiger partial charge in [-0.25, -0.2) is 8.42 Å². The van der Waals surface area contributed by atoms with E-state index in [2.05, 4.69) is 0 Å². The molecule has 0 aliphatic rings. The van der Waals surface area contributed by atoms with Crippen LogP contribution in [0.5, 0.6) is 0 Å². The van der Waals surface area contributed by atoms with E-state index in [-0.39, 0.29) is 22.9 Å². The SMILES string of the molecule is CC(CO)N(C)S(=O)(=O)c1ccc([N+](=O)[O-])c(N)c1. The van der Waals surface area contributed by atoms with Gasteiger partial charge in [0.05, 0.1) is 16.4 Å². The van der Waals surface area contributed by atoms with Crippen LogP contribution in [0.25, 0.3) is 0 Å². The molecule has 0 spiro atoms. The summed E-state index contributed by atoms with van der Waals surface area (Å²) in [6, 6.07) is 2.58. The Balaban J connectivity index is 3.24. The zero-order valence-corrected chi connectivity index (χ0v) is 11.3. The minimum atomic E-state index is -3.84. The molecule has 1 unspecified atom stereocenters. The number of aliphatic hydroxyl groups is 1. The summed E-state index contributed by atoms with van der Waals surface area (Å²) in [6.45, 7) is 1.20. The van der Waals surface area contributed by atoms with E-state index in [1.165, 1.54) is 14.0 Å². The maximum Gasteiger partial charge on any atom is 0.292 e. The van der Waals surface area contributed by atoms with Crippen LogP contribution in [0, 0.1) is 10.1 Å². The van der Waals surface area contributed by atoms with E-state index in [9.17, 15) is 18.5 Å². The summed E-state index contributed by atoms with van der Waals surface area (Å²) in [6.07, 6.45) is 0. The summed E-state index contributed by atoms with van der Waals surface area (Å²) >= 11 is 0. The van der Waals surface area contributed by atoms with Crippen molar-refractivity contribution in [3.63, 3.8) is 0 Å². The normalized spacial score (nSPS) is 13.5. The van der Waals surface area contributed by atoms with Gasteiger partial charge in [-0.1, -0.05) is 0 Å².